The summed E-state index contributed by atoms with van der Waals surface area (Å²) in [5.41, 5.74) is 0.710. The van der Waals surface area contributed by atoms with Gasteiger partial charge in [-0.2, -0.15) is 0 Å². The molecule has 0 aromatic heterocycles. The average molecular weight is 359 g/mol. The highest BCUT2D eigenvalue weighted by molar-refractivity contribution is 5.94. The molecule has 1 heterocycles. The van der Waals surface area contributed by atoms with Crippen molar-refractivity contribution in [2.45, 2.75) is 25.4 Å². The molecule has 2 N–H and O–H groups in total. The first-order valence-electron chi connectivity index (χ1n) is 8.39. The highest BCUT2D eigenvalue weighted by Gasteiger charge is 2.34. The van der Waals surface area contributed by atoms with Gasteiger partial charge >= 0.3 is 6.03 Å². The minimum atomic E-state index is -0.629. The van der Waals surface area contributed by atoms with Gasteiger partial charge in [-0.3, -0.25) is 4.79 Å². The van der Waals surface area contributed by atoms with Crippen molar-refractivity contribution in [3.8, 4) is 0 Å². The minimum absolute atomic E-state index is 0.0569. The Balaban J connectivity index is 1.61. The minimum Gasteiger partial charge on any atom is -0.350 e. The number of amides is 3. The number of anilines is 1. The molecule has 5 nitrogen and oxygen atoms in total. The zero-order valence-electron chi connectivity index (χ0n) is 14.0. The zero-order chi connectivity index (χ0) is 18.5. The fourth-order valence-electron chi connectivity index (χ4n) is 2.99. The van der Waals surface area contributed by atoms with Crippen molar-refractivity contribution in [3.05, 3.63) is 65.7 Å². The fourth-order valence-corrected chi connectivity index (χ4v) is 2.99. The van der Waals surface area contributed by atoms with Gasteiger partial charge in [0.05, 0.1) is 0 Å². The van der Waals surface area contributed by atoms with Gasteiger partial charge in [-0.1, -0.05) is 24.3 Å². The van der Waals surface area contributed by atoms with Gasteiger partial charge in [-0.25, -0.2) is 13.6 Å². The van der Waals surface area contributed by atoms with Gasteiger partial charge in [-0.15, -0.1) is 0 Å². The van der Waals surface area contributed by atoms with Gasteiger partial charge in [0.1, 0.15) is 17.7 Å². The van der Waals surface area contributed by atoms with Gasteiger partial charge in [0.2, 0.25) is 5.91 Å². The molecule has 0 spiro atoms. The normalized spacial score (nSPS) is 16.4. The van der Waals surface area contributed by atoms with Crippen molar-refractivity contribution in [3.63, 3.8) is 0 Å². The standard InChI is InChI=1S/C19H19F2N3O2/c20-14-6-3-7-15(11-14)23-19(26)24-10-4-9-17(24)18(25)22-12-13-5-1-2-8-16(13)21/h1-3,5-8,11,17H,4,9-10,12H2,(H,22,25)(H,23,26)/t17-/m1/s1. The van der Waals surface area contributed by atoms with Crippen LogP contribution in [0, 0.1) is 11.6 Å². The largest absolute Gasteiger partial charge is 0.350 e. The third kappa shape index (κ3) is 4.17. The number of benzene rings is 2. The number of hydrogen-bond acceptors (Lipinski definition) is 2. The summed E-state index contributed by atoms with van der Waals surface area (Å²) in [6.45, 7) is 0.486. The molecule has 3 rings (SSSR count). The Morgan fingerprint density at radius 3 is 2.69 bits per heavy atom. The molecular formula is C19H19F2N3O2. The maximum Gasteiger partial charge on any atom is 0.322 e. The molecule has 7 heteroatoms. The summed E-state index contributed by atoms with van der Waals surface area (Å²) in [5, 5.41) is 5.28. The Morgan fingerprint density at radius 1 is 1.12 bits per heavy atom. The van der Waals surface area contributed by atoms with Crippen molar-refractivity contribution in [2.24, 2.45) is 0 Å². The zero-order valence-corrected chi connectivity index (χ0v) is 14.0. The summed E-state index contributed by atoms with van der Waals surface area (Å²) in [7, 11) is 0. The number of hydrogen-bond donors (Lipinski definition) is 2. The molecule has 26 heavy (non-hydrogen) atoms. The third-order valence-corrected chi connectivity index (χ3v) is 4.30. The van der Waals surface area contributed by atoms with Crippen molar-refractivity contribution in [1.82, 2.24) is 10.2 Å². The van der Waals surface area contributed by atoms with Crippen LogP contribution in [0.2, 0.25) is 0 Å². The predicted molar refractivity (Wildman–Crippen MR) is 93.4 cm³/mol. The van der Waals surface area contributed by atoms with Crippen LogP contribution in [-0.4, -0.2) is 29.4 Å². The molecule has 2 aromatic carbocycles. The second-order valence-electron chi connectivity index (χ2n) is 6.10. The molecular weight excluding hydrogens is 340 g/mol. The maximum atomic E-state index is 13.6. The van der Waals surface area contributed by atoms with Crippen LogP contribution < -0.4 is 10.6 Å². The average Bonchev–Trinajstić information content (AvgIpc) is 3.11. The first-order valence-corrected chi connectivity index (χ1v) is 8.39. The number of nitrogens with zero attached hydrogens (tertiary/aromatic N) is 1. The molecule has 3 amide bonds. The quantitative estimate of drug-likeness (QED) is 0.880. The molecule has 0 radical (unpaired) electrons. The number of rotatable bonds is 4. The van der Waals surface area contributed by atoms with Crippen LogP contribution in [0.15, 0.2) is 48.5 Å². The Kier molecular flexibility index (Phi) is 5.46. The maximum absolute atomic E-state index is 13.6. The molecule has 0 aliphatic carbocycles. The van der Waals surface area contributed by atoms with E-state index in [1.807, 2.05) is 0 Å². The summed E-state index contributed by atoms with van der Waals surface area (Å²) in [4.78, 5) is 26.3. The van der Waals surface area contributed by atoms with Crippen LogP contribution in [0.1, 0.15) is 18.4 Å². The van der Waals surface area contributed by atoms with E-state index in [4.69, 9.17) is 0 Å². The lowest BCUT2D eigenvalue weighted by Gasteiger charge is -2.24. The van der Waals surface area contributed by atoms with E-state index in [1.165, 1.54) is 29.2 Å². The van der Waals surface area contributed by atoms with Crippen molar-refractivity contribution >= 4 is 17.6 Å². The molecule has 1 saturated heterocycles. The molecule has 1 fully saturated rings. The SMILES string of the molecule is O=C(NCc1ccccc1F)[C@H]1CCCN1C(=O)Nc1cccc(F)c1. The Labute approximate surface area is 150 Å². The molecule has 1 aliphatic heterocycles. The van der Waals surface area contributed by atoms with Crippen LogP contribution in [0.5, 0.6) is 0 Å². The molecule has 2 aromatic rings. The van der Waals surface area contributed by atoms with E-state index >= 15 is 0 Å². The van der Waals surface area contributed by atoms with Crippen LogP contribution in [0.25, 0.3) is 0 Å². The number of nitrogens with one attached hydrogen (secondary N) is 2. The first-order chi connectivity index (χ1) is 12.5. The number of halogens is 2. The smallest absolute Gasteiger partial charge is 0.322 e. The molecule has 1 atom stereocenters. The van der Waals surface area contributed by atoms with Crippen LogP contribution in [0.4, 0.5) is 19.3 Å². The van der Waals surface area contributed by atoms with E-state index in [1.54, 1.807) is 24.3 Å². The molecule has 0 saturated carbocycles. The predicted octanol–water partition coefficient (Wildman–Crippen LogP) is 3.28. The topological polar surface area (TPSA) is 61.4 Å². The van der Waals surface area contributed by atoms with Crippen LogP contribution >= 0.6 is 0 Å². The molecule has 1 aliphatic rings. The lowest BCUT2D eigenvalue weighted by Crippen LogP contribution is -2.47. The lowest BCUT2D eigenvalue weighted by molar-refractivity contribution is -0.124. The number of likely N-dealkylation sites (tertiary alicyclic amines) is 1. The van der Waals surface area contributed by atoms with Crippen molar-refractivity contribution in [1.29, 1.82) is 0 Å². The molecule has 136 valence electrons. The van der Waals surface area contributed by atoms with Crippen molar-refractivity contribution in [2.75, 3.05) is 11.9 Å². The first kappa shape index (κ1) is 17.8. The number of carbonyl (C=O) groups is 2. The number of urea groups is 1. The Hall–Kier alpha value is -2.96. The van der Waals surface area contributed by atoms with E-state index < -0.39 is 17.9 Å². The van der Waals surface area contributed by atoms with E-state index in [2.05, 4.69) is 10.6 Å². The Morgan fingerprint density at radius 2 is 1.92 bits per heavy atom. The number of carbonyl (C=O) groups excluding carboxylic acids is 2. The van der Waals surface area contributed by atoms with Crippen LogP contribution in [0.3, 0.4) is 0 Å². The van der Waals surface area contributed by atoms with Crippen LogP contribution in [-0.2, 0) is 11.3 Å². The van der Waals surface area contributed by atoms with Gasteiger partial charge in [0.25, 0.3) is 0 Å². The summed E-state index contributed by atoms with van der Waals surface area (Å²) in [6, 6.07) is 10.7. The van der Waals surface area contributed by atoms with Gasteiger partial charge in [0.15, 0.2) is 0 Å². The van der Waals surface area contributed by atoms with E-state index in [0.717, 1.165) is 0 Å². The third-order valence-electron chi connectivity index (χ3n) is 4.30. The van der Waals surface area contributed by atoms with E-state index in [0.29, 0.717) is 30.6 Å². The highest BCUT2D eigenvalue weighted by Crippen LogP contribution is 2.20. The summed E-state index contributed by atoms with van der Waals surface area (Å²) < 4.78 is 26.9. The van der Waals surface area contributed by atoms with E-state index in [-0.39, 0.29) is 18.3 Å². The Bertz CT molecular complexity index is 813. The van der Waals surface area contributed by atoms with Gasteiger partial charge in [-0.05, 0) is 37.1 Å². The summed E-state index contributed by atoms with van der Waals surface area (Å²) in [6.07, 6.45) is 1.22. The monoisotopic (exact) mass is 359 g/mol. The van der Waals surface area contributed by atoms with Crippen molar-refractivity contribution < 1.29 is 18.4 Å². The molecule has 0 bridgehead atoms. The summed E-state index contributed by atoms with van der Waals surface area (Å²) >= 11 is 0. The van der Waals surface area contributed by atoms with Gasteiger partial charge in [0, 0.05) is 24.3 Å². The second kappa shape index (κ2) is 7.95. The highest BCUT2D eigenvalue weighted by atomic mass is 19.1. The van der Waals surface area contributed by atoms with Gasteiger partial charge < -0.3 is 15.5 Å². The summed E-state index contributed by atoms with van der Waals surface area (Å²) in [5.74, 6) is -1.18. The van der Waals surface area contributed by atoms with E-state index in [9.17, 15) is 18.4 Å². The lowest BCUT2D eigenvalue weighted by atomic mass is 10.2. The fraction of sp³-hybridized carbons (Fsp3) is 0.263. The second-order valence-corrected chi connectivity index (χ2v) is 6.10. The molecule has 0 unspecified atom stereocenters.